The number of carbonyl (C=O) groups is 2. The average molecular weight is 385 g/mol. The maximum absolute atomic E-state index is 13.1. The number of benzene rings is 2. The predicted molar refractivity (Wildman–Crippen MR) is 101 cm³/mol. The molecule has 8 heteroatoms. The Balaban J connectivity index is 1.64. The summed E-state index contributed by atoms with van der Waals surface area (Å²) in [6, 6.07) is 12.9. The zero-order chi connectivity index (χ0) is 19.2. The first-order chi connectivity index (χ1) is 13.1. The fraction of sp³-hybridized carbons (Fsp3) is 0.105. The van der Waals surface area contributed by atoms with Crippen LogP contribution in [0.25, 0.3) is 5.69 Å². The zero-order valence-electron chi connectivity index (χ0n) is 14.4. The van der Waals surface area contributed by atoms with Crippen molar-refractivity contribution in [1.82, 2.24) is 9.55 Å². The van der Waals surface area contributed by atoms with Crippen molar-refractivity contribution in [2.75, 3.05) is 18.2 Å². The highest BCUT2D eigenvalue weighted by Gasteiger charge is 2.16. The van der Waals surface area contributed by atoms with Crippen molar-refractivity contribution in [1.29, 1.82) is 0 Å². The van der Waals surface area contributed by atoms with Crippen molar-refractivity contribution in [3.05, 3.63) is 72.6 Å². The van der Waals surface area contributed by atoms with Crippen LogP contribution in [0.4, 0.5) is 10.1 Å². The molecular formula is C19H16FN3O3S. The Morgan fingerprint density at radius 1 is 1.19 bits per heavy atom. The summed E-state index contributed by atoms with van der Waals surface area (Å²) in [5.74, 6) is -1.53. The molecular weight excluding hydrogens is 369 g/mol. The molecule has 0 radical (unpaired) electrons. The number of hydrogen-bond acceptors (Lipinski definition) is 5. The summed E-state index contributed by atoms with van der Waals surface area (Å²) in [7, 11) is 0. The number of nitrogens with one attached hydrogen (secondary N) is 1. The van der Waals surface area contributed by atoms with Crippen LogP contribution in [0.2, 0.25) is 0 Å². The first-order valence-corrected chi connectivity index (χ1v) is 9.19. The van der Waals surface area contributed by atoms with E-state index in [2.05, 4.69) is 10.3 Å². The molecule has 1 heterocycles. The summed E-state index contributed by atoms with van der Waals surface area (Å²) in [5.41, 5.74) is 1.35. The lowest BCUT2D eigenvalue weighted by Crippen LogP contribution is -2.22. The van der Waals surface area contributed by atoms with Gasteiger partial charge in [-0.3, -0.25) is 9.36 Å². The lowest BCUT2D eigenvalue weighted by molar-refractivity contribution is -0.119. The topological polar surface area (TPSA) is 73.2 Å². The van der Waals surface area contributed by atoms with E-state index in [-0.39, 0.29) is 11.5 Å². The highest BCUT2D eigenvalue weighted by molar-refractivity contribution is 7.98. The number of carbonyl (C=O) groups excluding carboxylic acids is 2. The van der Waals surface area contributed by atoms with Crippen molar-refractivity contribution in [2.24, 2.45) is 0 Å². The van der Waals surface area contributed by atoms with Crippen LogP contribution in [0.15, 0.2) is 66.0 Å². The molecule has 3 aromatic rings. The Bertz CT molecular complexity index is 957. The summed E-state index contributed by atoms with van der Waals surface area (Å²) in [5, 5.41) is 2.71. The van der Waals surface area contributed by atoms with Gasteiger partial charge < -0.3 is 10.1 Å². The van der Waals surface area contributed by atoms with Crippen LogP contribution in [-0.2, 0) is 9.53 Å². The van der Waals surface area contributed by atoms with Crippen LogP contribution in [0, 0.1) is 5.82 Å². The van der Waals surface area contributed by atoms with E-state index in [0.29, 0.717) is 11.4 Å². The highest BCUT2D eigenvalue weighted by atomic mass is 32.2. The number of thioether (sulfide) groups is 1. The summed E-state index contributed by atoms with van der Waals surface area (Å²) in [6.45, 7) is -0.434. The number of esters is 1. The molecule has 1 N–H and O–H groups in total. The van der Waals surface area contributed by atoms with E-state index in [4.69, 9.17) is 4.74 Å². The fourth-order valence-electron chi connectivity index (χ4n) is 2.39. The molecule has 0 atom stereocenters. The maximum Gasteiger partial charge on any atom is 0.357 e. The molecule has 3 rings (SSSR count). The molecule has 0 unspecified atom stereocenters. The number of hydrogen-bond donors (Lipinski definition) is 1. The van der Waals surface area contributed by atoms with Crippen molar-refractivity contribution >= 4 is 29.3 Å². The molecule has 0 aliphatic heterocycles. The van der Waals surface area contributed by atoms with E-state index in [9.17, 15) is 14.0 Å². The average Bonchev–Trinajstić information content (AvgIpc) is 3.17. The van der Waals surface area contributed by atoms with Gasteiger partial charge in [0, 0.05) is 10.6 Å². The summed E-state index contributed by atoms with van der Waals surface area (Å²) in [4.78, 5) is 29.2. The van der Waals surface area contributed by atoms with E-state index in [0.717, 1.165) is 4.90 Å². The van der Waals surface area contributed by atoms with Gasteiger partial charge in [0.05, 0.1) is 18.2 Å². The van der Waals surface area contributed by atoms with E-state index in [1.165, 1.54) is 53.1 Å². The molecule has 0 aliphatic carbocycles. The minimum Gasteiger partial charge on any atom is -0.451 e. The largest absolute Gasteiger partial charge is 0.451 e. The zero-order valence-corrected chi connectivity index (χ0v) is 15.2. The van der Waals surface area contributed by atoms with Crippen LogP contribution < -0.4 is 5.32 Å². The second kappa shape index (κ2) is 8.50. The molecule has 0 aliphatic rings. The van der Waals surface area contributed by atoms with Gasteiger partial charge >= 0.3 is 5.97 Å². The van der Waals surface area contributed by atoms with Gasteiger partial charge in [0.2, 0.25) is 0 Å². The van der Waals surface area contributed by atoms with Gasteiger partial charge in [-0.1, -0.05) is 12.1 Å². The third-order valence-electron chi connectivity index (χ3n) is 3.67. The molecule has 1 amide bonds. The smallest absolute Gasteiger partial charge is 0.357 e. The fourth-order valence-corrected chi connectivity index (χ4v) is 2.95. The Hall–Kier alpha value is -3.13. The Morgan fingerprint density at radius 2 is 1.93 bits per heavy atom. The third kappa shape index (κ3) is 4.53. The molecule has 27 heavy (non-hydrogen) atoms. The predicted octanol–water partition coefficient (Wildman–Crippen LogP) is 3.53. The minimum absolute atomic E-state index is 0.138. The van der Waals surface area contributed by atoms with Crippen LogP contribution in [0.5, 0.6) is 0 Å². The second-order valence-corrected chi connectivity index (χ2v) is 6.30. The number of imidazole rings is 1. The van der Waals surface area contributed by atoms with Crippen LogP contribution in [-0.4, -0.2) is 34.3 Å². The first-order valence-electron chi connectivity index (χ1n) is 7.97. The van der Waals surface area contributed by atoms with E-state index >= 15 is 0 Å². The van der Waals surface area contributed by atoms with Gasteiger partial charge in [0.15, 0.2) is 12.3 Å². The van der Waals surface area contributed by atoms with Gasteiger partial charge in [-0.25, -0.2) is 14.2 Å². The molecule has 0 saturated carbocycles. The first kappa shape index (κ1) is 18.7. The third-order valence-corrected chi connectivity index (χ3v) is 4.46. The molecule has 0 fully saturated rings. The van der Waals surface area contributed by atoms with Crippen molar-refractivity contribution in [2.45, 2.75) is 4.90 Å². The number of aromatic nitrogens is 2. The van der Waals surface area contributed by atoms with Gasteiger partial charge in [0.25, 0.3) is 5.91 Å². The van der Waals surface area contributed by atoms with Crippen LogP contribution in [0.3, 0.4) is 0 Å². The van der Waals surface area contributed by atoms with Gasteiger partial charge in [-0.05, 0) is 42.7 Å². The van der Waals surface area contributed by atoms with E-state index < -0.39 is 18.5 Å². The number of ether oxygens (including phenoxy) is 1. The maximum atomic E-state index is 13.1. The summed E-state index contributed by atoms with van der Waals surface area (Å²) < 4.78 is 19.6. The second-order valence-electron chi connectivity index (χ2n) is 5.45. The van der Waals surface area contributed by atoms with E-state index in [1.807, 2.05) is 24.5 Å². The van der Waals surface area contributed by atoms with E-state index in [1.54, 1.807) is 6.07 Å². The molecule has 138 valence electrons. The van der Waals surface area contributed by atoms with Gasteiger partial charge in [0.1, 0.15) is 5.82 Å². The molecule has 0 spiro atoms. The number of nitrogens with zero attached hydrogens (tertiary/aromatic N) is 2. The van der Waals surface area contributed by atoms with Crippen molar-refractivity contribution in [3.63, 3.8) is 0 Å². The Labute approximate surface area is 159 Å². The van der Waals surface area contributed by atoms with Crippen LogP contribution >= 0.6 is 11.8 Å². The molecule has 0 bridgehead atoms. The highest BCUT2D eigenvalue weighted by Crippen LogP contribution is 2.24. The number of para-hydroxylation sites is 1. The normalized spacial score (nSPS) is 10.4. The van der Waals surface area contributed by atoms with Gasteiger partial charge in [-0.2, -0.15) is 0 Å². The standard InChI is InChI=1S/C19H16FN3O3S/c1-27-17-5-3-2-4-15(17)22-18(24)11-26-19(25)16-10-21-12-23(16)14-8-6-13(20)7-9-14/h2-10,12H,11H2,1H3,(H,22,24). The lowest BCUT2D eigenvalue weighted by atomic mass is 10.3. The molecule has 2 aromatic carbocycles. The number of rotatable bonds is 6. The summed E-state index contributed by atoms with van der Waals surface area (Å²) >= 11 is 1.50. The Morgan fingerprint density at radius 3 is 2.67 bits per heavy atom. The molecule has 0 saturated heterocycles. The minimum atomic E-state index is -0.704. The summed E-state index contributed by atoms with van der Waals surface area (Å²) in [6.07, 6.45) is 4.65. The number of anilines is 1. The lowest BCUT2D eigenvalue weighted by Gasteiger charge is -2.10. The van der Waals surface area contributed by atoms with Crippen LogP contribution in [0.1, 0.15) is 10.5 Å². The van der Waals surface area contributed by atoms with Gasteiger partial charge in [-0.15, -0.1) is 11.8 Å². The van der Waals surface area contributed by atoms with Crippen molar-refractivity contribution < 1.29 is 18.7 Å². The molecule has 6 nitrogen and oxygen atoms in total. The number of amides is 1. The quantitative estimate of drug-likeness (QED) is 0.519. The van der Waals surface area contributed by atoms with Crippen molar-refractivity contribution in [3.8, 4) is 5.69 Å². The number of halogens is 1. The molecule has 1 aromatic heterocycles. The Kier molecular flexibility index (Phi) is 5.87. The monoisotopic (exact) mass is 385 g/mol. The SMILES string of the molecule is CSc1ccccc1NC(=O)COC(=O)c1cncn1-c1ccc(F)cc1.